The normalized spacial score (nSPS) is 11.0. The lowest BCUT2D eigenvalue weighted by Crippen LogP contribution is -1.80. The first-order chi connectivity index (χ1) is 8.79. The van der Waals surface area contributed by atoms with Crippen molar-refractivity contribution in [2.75, 3.05) is 0 Å². The molecule has 0 nitrogen and oxygen atoms in total. The highest BCUT2D eigenvalue weighted by Gasteiger charge is 2.09. The fourth-order valence-electron chi connectivity index (χ4n) is 2.05. The van der Waals surface area contributed by atoms with E-state index in [1.54, 1.807) is 11.3 Å². The predicted octanol–water partition coefficient (Wildman–Crippen LogP) is 6.07. The number of alkyl halides is 1. The number of fused-ring (bicyclic) bond motifs is 1. The molecule has 0 atom stereocenters. The molecule has 3 heteroatoms. The van der Waals surface area contributed by atoms with Gasteiger partial charge in [-0.3, -0.25) is 0 Å². The van der Waals surface area contributed by atoms with E-state index in [1.807, 2.05) is 6.07 Å². The van der Waals surface area contributed by atoms with Gasteiger partial charge in [0.25, 0.3) is 0 Å². The lowest BCUT2D eigenvalue weighted by Gasteiger charge is -2.04. The summed E-state index contributed by atoms with van der Waals surface area (Å²) in [5.74, 6) is 0.557. The summed E-state index contributed by atoms with van der Waals surface area (Å²) in [7, 11) is 0. The fourth-order valence-corrected chi connectivity index (χ4v) is 3.65. The highest BCUT2D eigenvalue weighted by Crippen LogP contribution is 2.37. The molecule has 1 heterocycles. The number of thiophene rings is 1. The standard InChI is InChI=1S/C15H10BrClS/c16-14-4-2-1-3-11(14)13-9-18-15-6-5-10(8-17)7-12(13)15/h1-7,9H,8H2. The van der Waals surface area contributed by atoms with Gasteiger partial charge in [-0.05, 0) is 34.7 Å². The summed E-state index contributed by atoms with van der Waals surface area (Å²) in [4.78, 5) is 0. The Balaban J connectivity index is 2.26. The molecule has 2 aromatic carbocycles. The Morgan fingerprint density at radius 3 is 2.67 bits per heavy atom. The molecule has 0 saturated carbocycles. The molecule has 0 spiro atoms. The van der Waals surface area contributed by atoms with Gasteiger partial charge >= 0.3 is 0 Å². The second-order valence-corrected chi connectivity index (χ2v) is 6.13. The molecule has 90 valence electrons. The molecular formula is C15H10BrClS. The van der Waals surface area contributed by atoms with Crippen molar-refractivity contribution in [3.8, 4) is 11.1 Å². The molecule has 0 aliphatic rings. The summed E-state index contributed by atoms with van der Waals surface area (Å²) in [6, 6.07) is 14.7. The first kappa shape index (κ1) is 12.2. The molecule has 0 aliphatic carbocycles. The molecule has 0 saturated heterocycles. The molecule has 0 N–H and O–H groups in total. The van der Waals surface area contributed by atoms with E-state index in [0.29, 0.717) is 5.88 Å². The average Bonchev–Trinajstić information content (AvgIpc) is 2.82. The van der Waals surface area contributed by atoms with E-state index in [4.69, 9.17) is 11.6 Å². The van der Waals surface area contributed by atoms with Crippen LogP contribution in [0.5, 0.6) is 0 Å². The van der Waals surface area contributed by atoms with Crippen molar-refractivity contribution in [2.45, 2.75) is 5.88 Å². The van der Waals surface area contributed by atoms with Crippen LogP contribution in [0, 0.1) is 0 Å². The van der Waals surface area contributed by atoms with Crippen LogP contribution in [0.1, 0.15) is 5.56 Å². The zero-order valence-electron chi connectivity index (χ0n) is 9.49. The Kier molecular flexibility index (Phi) is 3.42. The van der Waals surface area contributed by atoms with E-state index >= 15 is 0 Å². The first-order valence-electron chi connectivity index (χ1n) is 5.60. The molecule has 3 aromatic rings. The number of hydrogen-bond donors (Lipinski definition) is 0. The first-order valence-corrected chi connectivity index (χ1v) is 7.81. The number of rotatable bonds is 2. The van der Waals surface area contributed by atoms with E-state index in [0.717, 1.165) is 10.0 Å². The van der Waals surface area contributed by atoms with Gasteiger partial charge in [-0.25, -0.2) is 0 Å². The van der Waals surface area contributed by atoms with Crippen LogP contribution in [-0.2, 0) is 5.88 Å². The van der Waals surface area contributed by atoms with Crippen LogP contribution >= 0.6 is 38.9 Å². The minimum atomic E-state index is 0.557. The Bertz CT molecular complexity index is 703. The van der Waals surface area contributed by atoms with Crippen molar-refractivity contribution >= 4 is 49.0 Å². The summed E-state index contributed by atoms with van der Waals surface area (Å²) in [5, 5.41) is 3.49. The summed E-state index contributed by atoms with van der Waals surface area (Å²) in [6.45, 7) is 0. The molecule has 0 fully saturated rings. The minimum Gasteiger partial charge on any atom is -0.143 e. The third-order valence-corrected chi connectivity index (χ3v) is 4.92. The van der Waals surface area contributed by atoms with Crippen LogP contribution in [0.25, 0.3) is 21.2 Å². The van der Waals surface area contributed by atoms with E-state index in [1.165, 1.54) is 21.2 Å². The second-order valence-electron chi connectivity index (χ2n) is 4.09. The van der Waals surface area contributed by atoms with Crippen LogP contribution in [-0.4, -0.2) is 0 Å². The summed E-state index contributed by atoms with van der Waals surface area (Å²) < 4.78 is 2.43. The maximum Gasteiger partial charge on any atom is 0.0474 e. The summed E-state index contributed by atoms with van der Waals surface area (Å²) in [5.41, 5.74) is 3.67. The highest BCUT2D eigenvalue weighted by atomic mass is 79.9. The van der Waals surface area contributed by atoms with Crippen molar-refractivity contribution in [3.63, 3.8) is 0 Å². The van der Waals surface area contributed by atoms with Gasteiger partial charge < -0.3 is 0 Å². The topological polar surface area (TPSA) is 0 Å². The predicted molar refractivity (Wildman–Crippen MR) is 84.5 cm³/mol. The van der Waals surface area contributed by atoms with Crippen molar-refractivity contribution in [1.82, 2.24) is 0 Å². The van der Waals surface area contributed by atoms with E-state index in [2.05, 4.69) is 57.7 Å². The van der Waals surface area contributed by atoms with Crippen LogP contribution in [0.3, 0.4) is 0 Å². The van der Waals surface area contributed by atoms with Crippen molar-refractivity contribution in [3.05, 3.63) is 57.9 Å². The Morgan fingerprint density at radius 2 is 1.89 bits per heavy atom. The van der Waals surface area contributed by atoms with Crippen molar-refractivity contribution in [2.24, 2.45) is 0 Å². The van der Waals surface area contributed by atoms with Gasteiger partial charge in [-0.1, -0.05) is 40.2 Å². The van der Waals surface area contributed by atoms with Crippen molar-refractivity contribution in [1.29, 1.82) is 0 Å². The van der Waals surface area contributed by atoms with Gasteiger partial charge in [0.1, 0.15) is 0 Å². The highest BCUT2D eigenvalue weighted by molar-refractivity contribution is 9.10. The van der Waals surface area contributed by atoms with Crippen LogP contribution in [0.2, 0.25) is 0 Å². The molecular weight excluding hydrogens is 328 g/mol. The monoisotopic (exact) mass is 336 g/mol. The van der Waals surface area contributed by atoms with Crippen LogP contribution in [0.4, 0.5) is 0 Å². The van der Waals surface area contributed by atoms with Crippen LogP contribution < -0.4 is 0 Å². The van der Waals surface area contributed by atoms with Gasteiger partial charge in [0.2, 0.25) is 0 Å². The molecule has 0 radical (unpaired) electrons. The van der Waals surface area contributed by atoms with Crippen LogP contribution in [0.15, 0.2) is 52.3 Å². The van der Waals surface area contributed by atoms with E-state index < -0.39 is 0 Å². The van der Waals surface area contributed by atoms with E-state index in [-0.39, 0.29) is 0 Å². The smallest absolute Gasteiger partial charge is 0.0474 e. The minimum absolute atomic E-state index is 0.557. The molecule has 18 heavy (non-hydrogen) atoms. The lowest BCUT2D eigenvalue weighted by atomic mass is 10.0. The molecule has 0 aliphatic heterocycles. The third kappa shape index (κ3) is 2.09. The largest absolute Gasteiger partial charge is 0.143 e. The Labute approximate surface area is 123 Å². The van der Waals surface area contributed by atoms with Gasteiger partial charge in [-0.15, -0.1) is 22.9 Å². The van der Waals surface area contributed by atoms with Gasteiger partial charge in [0, 0.05) is 26.0 Å². The lowest BCUT2D eigenvalue weighted by molar-refractivity contribution is 1.43. The maximum absolute atomic E-state index is 5.92. The van der Waals surface area contributed by atoms with E-state index in [9.17, 15) is 0 Å². The quantitative estimate of drug-likeness (QED) is 0.498. The Hall–Kier alpha value is -0.830. The summed E-state index contributed by atoms with van der Waals surface area (Å²) >= 11 is 11.3. The number of hydrogen-bond acceptors (Lipinski definition) is 1. The Morgan fingerprint density at radius 1 is 1.06 bits per heavy atom. The van der Waals surface area contributed by atoms with Gasteiger partial charge in [0.05, 0.1) is 0 Å². The van der Waals surface area contributed by atoms with Gasteiger partial charge in [-0.2, -0.15) is 0 Å². The average molecular weight is 338 g/mol. The molecule has 0 unspecified atom stereocenters. The zero-order chi connectivity index (χ0) is 12.5. The molecule has 1 aromatic heterocycles. The SMILES string of the molecule is ClCc1ccc2scc(-c3ccccc3Br)c2c1. The molecule has 0 bridgehead atoms. The zero-order valence-corrected chi connectivity index (χ0v) is 12.6. The molecule has 0 amide bonds. The third-order valence-electron chi connectivity index (χ3n) is 2.96. The number of benzene rings is 2. The fraction of sp³-hybridized carbons (Fsp3) is 0.0667. The molecule has 3 rings (SSSR count). The van der Waals surface area contributed by atoms with Gasteiger partial charge in [0.15, 0.2) is 0 Å². The summed E-state index contributed by atoms with van der Waals surface area (Å²) in [6.07, 6.45) is 0. The van der Waals surface area contributed by atoms with Crippen molar-refractivity contribution < 1.29 is 0 Å². The maximum atomic E-state index is 5.92. The number of halogens is 2. The second kappa shape index (κ2) is 5.04.